The zero-order chi connectivity index (χ0) is 19.9. The van der Waals surface area contributed by atoms with Gasteiger partial charge in [0.15, 0.2) is 0 Å². The predicted octanol–water partition coefficient (Wildman–Crippen LogP) is 3.63. The zero-order valence-electron chi connectivity index (χ0n) is 16.0. The Morgan fingerprint density at radius 1 is 1.14 bits per heavy atom. The summed E-state index contributed by atoms with van der Waals surface area (Å²) in [5.41, 5.74) is 1.23. The van der Waals surface area contributed by atoms with E-state index in [0.717, 1.165) is 31.4 Å². The first-order valence-electron chi connectivity index (χ1n) is 9.74. The molecule has 1 aromatic carbocycles. The summed E-state index contributed by atoms with van der Waals surface area (Å²) in [5.74, 6) is 0.00231. The zero-order valence-corrected chi connectivity index (χ0v) is 16.0. The number of hydrogen-bond donors (Lipinski definition) is 2. The van der Waals surface area contributed by atoms with Gasteiger partial charge in [-0.3, -0.25) is 14.6 Å². The predicted molar refractivity (Wildman–Crippen MR) is 105 cm³/mol. The molecule has 0 bridgehead atoms. The number of nitrogens with one attached hydrogen (secondary N) is 2. The summed E-state index contributed by atoms with van der Waals surface area (Å²) < 4.78 is 13.3. The number of rotatable bonds is 6. The van der Waals surface area contributed by atoms with E-state index in [1.54, 1.807) is 12.3 Å². The summed E-state index contributed by atoms with van der Waals surface area (Å²) in [5, 5.41) is 5.97. The van der Waals surface area contributed by atoms with Crippen molar-refractivity contribution in [3.8, 4) is 0 Å². The van der Waals surface area contributed by atoms with Gasteiger partial charge in [0.2, 0.25) is 5.91 Å². The van der Waals surface area contributed by atoms with Crippen LogP contribution in [0.3, 0.4) is 0 Å². The van der Waals surface area contributed by atoms with Crippen LogP contribution in [0.5, 0.6) is 0 Å². The van der Waals surface area contributed by atoms with E-state index in [1.807, 2.05) is 18.2 Å². The maximum absolute atomic E-state index is 13.3. The van der Waals surface area contributed by atoms with Gasteiger partial charge in [-0.2, -0.15) is 0 Å². The lowest BCUT2D eigenvalue weighted by Gasteiger charge is -2.34. The molecule has 1 atom stereocenters. The minimum absolute atomic E-state index is 0.0554. The third-order valence-electron chi connectivity index (χ3n) is 5.37. The van der Waals surface area contributed by atoms with Crippen LogP contribution in [0.25, 0.3) is 0 Å². The molecule has 148 valence electrons. The molecule has 1 aromatic heterocycles. The van der Waals surface area contributed by atoms with Gasteiger partial charge in [0.05, 0.1) is 11.7 Å². The molecule has 0 saturated heterocycles. The standard InChI is InChI=1S/C22H26FN3O2/c1-15(27)26-21(20-7-2-3-12-24-20)17-10-8-16(9-11-17)14-25-22(28)18-5-4-6-19(23)13-18/h2-7,12-13,16-17,21H,8-11,14H2,1H3,(H,25,28)(H,26,27). The molecule has 2 N–H and O–H groups in total. The number of carbonyl (C=O) groups is 2. The van der Waals surface area contributed by atoms with Crippen LogP contribution in [0.4, 0.5) is 4.39 Å². The Hall–Kier alpha value is -2.76. The van der Waals surface area contributed by atoms with E-state index in [-0.39, 0.29) is 17.9 Å². The van der Waals surface area contributed by atoms with Crippen molar-refractivity contribution in [1.82, 2.24) is 15.6 Å². The van der Waals surface area contributed by atoms with Crippen molar-refractivity contribution < 1.29 is 14.0 Å². The highest BCUT2D eigenvalue weighted by Gasteiger charge is 2.30. The SMILES string of the molecule is CC(=O)NC(c1ccccn1)C1CCC(CNC(=O)c2cccc(F)c2)CC1. The van der Waals surface area contributed by atoms with Gasteiger partial charge in [0.1, 0.15) is 5.82 Å². The molecule has 1 heterocycles. The average molecular weight is 383 g/mol. The second-order valence-corrected chi connectivity index (χ2v) is 7.43. The minimum atomic E-state index is -0.410. The first-order chi connectivity index (χ1) is 13.5. The molecule has 1 unspecified atom stereocenters. The number of pyridine rings is 1. The van der Waals surface area contributed by atoms with Gasteiger partial charge in [0, 0.05) is 25.2 Å². The van der Waals surface area contributed by atoms with Crippen molar-refractivity contribution >= 4 is 11.8 Å². The van der Waals surface area contributed by atoms with Crippen LogP contribution in [0.2, 0.25) is 0 Å². The third-order valence-corrected chi connectivity index (χ3v) is 5.37. The minimum Gasteiger partial charge on any atom is -0.352 e. The summed E-state index contributed by atoms with van der Waals surface area (Å²) in [4.78, 5) is 28.3. The summed E-state index contributed by atoms with van der Waals surface area (Å²) in [6.07, 6.45) is 5.61. The molecule has 28 heavy (non-hydrogen) atoms. The molecule has 0 spiro atoms. The normalized spacial score (nSPS) is 20.2. The fraction of sp³-hybridized carbons (Fsp3) is 0.409. The van der Waals surface area contributed by atoms with E-state index in [1.165, 1.54) is 25.1 Å². The second-order valence-electron chi connectivity index (χ2n) is 7.43. The molecule has 1 aliphatic carbocycles. The number of carbonyl (C=O) groups excluding carboxylic acids is 2. The summed E-state index contributed by atoms with van der Waals surface area (Å²) in [6.45, 7) is 2.11. The Morgan fingerprint density at radius 3 is 2.57 bits per heavy atom. The molecule has 3 rings (SSSR count). The first-order valence-corrected chi connectivity index (χ1v) is 9.74. The number of nitrogens with zero attached hydrogens (tertiary/aromatic N) is 1. The van der Waals surface area contributed by atoms with E-state index in [0.29, 0.717) is 23.9 Å². The van der Waals surface area contributed by atoms with Gasteiger partial charge in [0.25, 0.3) is 5.91 Å². The van der Waals surface area contributed by atoms with Crippen LogP contribution in [0.1, 0.15) is 54.7 Å². The Labute approximate surface area is 164 Å². The summed E-state index contributed by atoms with van der Waals surface area (Å²) in [6, 6.07) is 11.4. The molecular weight excluding hydrogens is 357 g/mol. The largest absolute Gasteiger partial charge is 0.352 e. The number of hydrogen-bond acceptors (Lipinski definition) is 3. The Kier molecular flexibility index (Phi) is 6.74. The van der Waals surface area contributed by atoms with Crippen LogP contribution >= 0.6 is 0 Å². The van der Waals surface area contributed by atoms with E-state index >= 15 is 0 Å². The molecule has 5 nitrogen and oxygen atoms in total. The van der Waals surface area contributed by atoms with Crippen LogP contribution in [0.15, 0.2) is 48.7 Å². The summed E-state index contributed by atoms with van der Waals surface area (Å²) in [7, 11) is 0. The van der Waals surface area contributed by atoms with Gasteiger partial charge >= 0.3 is 0 Å². The van der Waals surface area contributed by atoms with Crippen LogP contribution in [0, 0.1) is 17.7 Å². The lowest BCUT2D eigenvalue weighted by molar-refractivity contribution is -0.120. The van der Waals surface area contributed by atoms with Crippen molar-refractivity contribution in [2.75, 3.05) is 6.54 Å². The highest BCUT2D eigenvalue weighted by molar-refractivity contribution is 5.94. The molecule has 0 radical (unpaired) electrons. The highest BCUT2D eigenvalue weighted by Crippen LogP contribution is 2.36. The molecule has 0 aliphatic heterocycles. The Bertz CT molecular complexity index is 804. The van der Waals surface area contributed by atoms with Crippen molar-refractivity contribution in [2.45, 2.75) is 38.6 Å². The Balaban J connectivity index is 1.53. The maximum atomic E-state index is 13.3. The van der Waals surface area contributed by atoms with Crippen LogP contribution in [-0.4, -0.2) is 23.3 Å². The average Bonchev–Trinajstić information content (AvgIpc) is 2.71. The van der Waals surface area contributed by atoms with Crippen molar-refractivity contribution in [2.24, 2.45) is 11.8 Å². The van der Waals surface area contributed by atoms with Crippen LogP contribution < -0.4 is 10.6 Å². The van der Waals surface area contributed by atoms with Gasteiger partial charge in [-0.05, 0) is 67.9 Å². The quantitative estimate of drug-likeness (QED) is 0.800. The van der Waals surface area contributed by atoms with E-state index in [2.05, 4.69) is 15.6 Å². The second kappa shape index (κ2) is 9.44. The molecule has 6 heteroatoms. The van der Waals surface area contributed by atoms with Gasteiger partial charge in [-0.25, -0.2) is 4.39 Å². The number of amides is 2. The van der Waals surface area contributed by atoms with Gasteiger partial charge in [-0.1, -0.05) is 12.1 Å². The van der Waals surface area contributed by atoms with Crippen molar-refractivity contribution in [3.63, 3.8) is 0 Å². The Morgan fingerprint density at radius 2 is 1.93 bits per heavy atom. The van der Waals surface area contributed by atoms with Gasteiger partial charge < -0.3 is 10.6 Å². The topological polar surface area (TPSA) is 71.1 Å². The first kappa shape index (κ1) is 20.0. The van der Waals surface area contributed by atoms with Crippen molar-refractivity contribution in [1.29, 1.82) is 0 Å². The van der Waals surface area contributed by atoms with E-state index < -0.39 is 5.82 Å². The third kappa shape index (κ3) is 5.38. The van der Waals surface area contributed by atoms with Crippen molar-refractivity contribution in [3.05, 3.63) is 65.7 Å². The fourth-order valence-corrected chi connectivity index (χ4v) is 3.91. The fourth-order valence-electron chi connectivity index (χ4n) is 3.91. The highest BCUT2D eigenvalue weighted by atomic mass is 19.1. The van der Waals surface area contributed by atoms with Crippen LogP contribution in [-0.2, 0) is 4.79 Å². The molecule has 1 fully saturated rings. The monoisotopic (exact) mass is 383 g/mol. The van der Waals surface area contributed by atoms with E-state index in [9.17, 15) is 14.0 Å². The lowest BCUT2D eigenvalue weighted by atomic mass is 9.77. The smallest absolute Gasteiger partial charge is 0.251 e. The number of halogens is 1. The number of benzene rings is 1. The summed E-state index contributed by atoms with van der Waals surface area (Å²) >= 11 is 0. The van der Waals surface area contributed by atoms with E-state index in [4.69, 9.17) is 0 Å². The molecular formula is C22H26FN3O2. The lowest BCUT2D eigenvalue weighted by Crippen LogP contribution is -2.36. The maximum Gasteiger partial charge on any atom is 0.251 e. The van der Waals surface area contributed by atoms with Gasteiger partial charge in [-0.15, -0.1) is 0 Å². The molecule has 2 aromatic rings. The number of aromatic nitrogens is 1. The molecule has 2 amide bonds. The molecule has 1 aliphatic rings. The molecule has 1 saturated carbocycles.